The minimum absolute atomic E-state index is 0. The van der Waals surface area contributed by atoms with Crippen LogP contribution < -0.4 is 10.6 Å². The molecule has 0 spiro atoms. The highest BCUT2D eigenvalue weighted by molar-refractivity contribution is 14.0. The summed E-state index contributed by atoms with van der Waals surface area (Å²) in [5, 5.41) is 6.18. The molecule has 0 aromatic rings. The Hall–Kier alpha value is -1.06. The van der Waals surface area contributed by atoms with Crippen LogP contribution in [0.5, 0.6) is 0 Å². The van der Waals surface area contributed by atoms with E-state index in [1.807, 2.05) is 7.05 Å². The lowest BCUT2D eigenvalue weighted by Crippen LogP contribution is -2.47. The van der Waals surface area contributed by atoms with Crippen LogP contribution >= 0.6 is 24.0 Å². The molecule has 2 fully saturated rings. The lowest BCUT2D eigenvalue weighted by atomic mass is 9.93. The summed E-state index contributed by atoms with van der Waals surface area (Å²) in [5.41, 5.74) is 0. The monoisotopic (exact) mass is 493 g/mol. The van der Waals surface area contributed by atoms with E-state index in [0.29, 0.717) is 30.7 Å². The van der Waals surface area contributed by atoms with Crippen molar-refractivity contribution in [3.63, 3.8) is 0 Å². The Labute approximate surface area is 180 Å². The zero-order valence-corrected chi connectivity index (χ0v) is 19.3. The van der Waals surface area contributed by atoms with E-state index in [9.17, 15) is 9.59 Å². The van der Waals surface area contributed by atoms with Gasteiger partial charge in [0.2, 0.25) is 11.8 Å². The highest BCUT2D eigenvalue weighted by Crippen LogP contribution is 2.21. The summed E-state index contributed by atoms with van der Waals surface area (Å²) in [5.74, 6) is 1.84. The van der Waals surface area contributed by atoms with E-state index in [1.165, 1.54) is 0 Å². The van der Waals surface area contributed by atoms with Crippen molar-refractivity contribution in [2.75, 3.05) is 40.3 Å². The Balaban J connectivity index is 0.00000364. The SMILES string of the molecule is CCC(CCNC(=NC)N1CCC(CC(=O)NC)CC1)N1CCCC1=O.I. The fourth-order valence-electron chi connectivity index (χ4n) is 4.03. The number of amides is 2. The summed E-state index contributed by atoms with van der Waals surface area (Å²) in [6, 6.07) is 0.328. The van der Waals surface area contributed by atoms with Gasteiger partial charge in [0.1, 0.15) is 0 Å². The van der Waals surface area contributed by atoms with Crippen LogP contribution in [0.4, 0.5) is 0 Å². The van der Waals surface area contributed by atoms with Gasteiger partial charge in [-0.05, 0) is 38.0 Å². The number of hydrogen-bond donors (Lipinski definition) is 2. The van der Waals surface area contributed by atoms with E-state index in [4.69, 9.17) is 0 Å². The molecular formula is C19H36IN5O2. The number of aliphatic imine (C=N–C) groups is 1. The highest BCUT2D eigenvalue weighted by atomic mass is 127. The number of likely N-dealkylation sites (tertiary alicyclic amines) is 2. The van der Waals surface area contributed by atoms with E-state index >= 15 is 0 Å². The quantitative estimate of drug-likeness (QED) is 0.322. The van der Waals surface area contributed by atoms with Gasteiger partial charge in [0.05, 0.1) is 0 Å². The van der Waals surface area contributed by atoms with Gasteiger partial charge in [0.15, 0.2) is 5.96 Å². The predicted molar refractivity (Wildman–Crippen MR) is 119 cm³/mol. The van der Waals surface area contributed by atoms with Crippen molar-refractivity contribution in [1.29, 1.82) is 0 Å². The number of nitrogens with zero attached hydrogens (tertiary/aromatic N) is 3. The summed E-state index contributed by atoms with van der Waals surface area (Å²) < 4.78 is 0. The molecule has 2 aliphatic heterocycles. The second-order valence-electron chi connectivity index (χ2n) is 7.32. The van der Waals surface area contributed by atoms with Gasteiger partial charge in [0, 0.05) is 59.2 Å². The maximum Gasteiger partial charge on any atom is 0.222 e. The standard InChI is InChI=1S/C19H35N5O2.HI/c1-4-16(24-11-5-6-18(24)26)7-10-22-19(21-3)23-12-8-15(9-13-23)14-17(25)20-2;/h15-16H,4-14H2,1-3H3,(H,20,25)(H,21,22);1H. The number of halogens is 1. The molecule has 1 atom stereocenters. The molecule has 0 aromatic heterocycles. The Morgan fingerprint density at radius 2 is 2.00 bits per heavy atom. The van der Waals surface area contributed by atoms with Crippen LogP contribution in [0.3, 0.4) is 0 Å². The number of carbonyl (C=O) groups is 2. The van der Waals surface area contributed by atoms with Gasteiger partial charge in [-0.25, -0.2) is 0 Å². The lowest BCUT2D eigenvalue weighted by Gasteiger charge is -2.34. The summed E-state index contributed by atoms with van der Waals surface area (Å²) in [4.78, 5) is 32.2. The molecule has 8 heteroatoms. The molecule has 0 saturated carbocycles. The van der Waals surface area contributed by atoms with Gasteiger partial charge in [-0.3, -0.25) is 14.6 Å². The molecule has 27 heavy (non-hydrogen) atoms. The zero-order chi connectivity index (χ0) is 18.9. The van der Waals surface area contributed by atoms with Crippen LogP contribution in [-0.4, -0.2) is 73.9 Å². The first-order valence-corrected chi connectivity index (χ1v) is 10.0. The average Bonchev–Trinajstić information content (AvgIpc) is 3.08. The summed E-state index contributed by atoms with van der Waals surface area (Å²) in [6.45, 7) is 5.76. The van der Waals surface area contributed by atoms with Crippen molar-refractivity contribution >= 4 is 41.8 Å². The van der Waals surface area contributed by atoms with Crippen LogP contribution in [0.15, 0.2) is 4.99 Å². The van der Waals surface area contributed by atoms with Crippen LogP contribution in [0.2, 0.25) is 0 Å². The van der Waals surface area contributed by atoms with Gasteiger partial charge in [-0.15, -0.1) is 24.0 Å². The van der Waals surface area contributed by atoms with Crippen LogP contribution in [0.25, 0.3) is 0 Å². The van der Waals surface area contributed by atoms with Gasteiger partial charge in [0.25, 0.3) is 0 Å². The normalized spacial score (nSPS) is 19.7. The van der Waals surface area contributed by atoms with Gasteiger partial charge in [-0.1, -0.05) is 6.92 Å². The Morgan fingerprint density at radius 1 is 1.30 bits per heavy atom. The maximum absolute atomic E-state index is 11.9. The van der Waals surface area contributed by atoms with Gasteiger partial charge < -0.3 is 20.4 Å². The minimum Gasteiger partial charge on any atom is -0.359 e. The Morgan fingerprint density at radius 3 is 2.52 bits per heavy atom. The molecule has 2 N–H and O–H groups in total. The third-order valence-corrected chi connectivity index (χ3v) is 5.66. The zero-order valence-electron chi connectivity index (χ0n) is 17.0. The third kappa shape index (κ3) is 7.12. The maximum atomic E-state index is 11.9. The molecule has 0 bridgehead atoms. The molecule has 2 heterocycles. The van der Waals surface area contributed by atoms with Gasteiger partial charge >= 0.3 is 0 Å². The number of carbonyl (C=O) groups excluding carboxylic acids is 2. The summed E-state index contributed by atoms with van der Waals surface area (Å²) in [7, 11) is 3.52. The molecule has 156 valence electrons. The fraction of sp³-hybridized carbons (Fsp3) is 0.842. The first-order valence-electron chi connectivity index (χ1n) is 10.0. The van der Waals surface area contributed by atoms with Crippen molar-refractivity contribution < 1.29 is 9.59 Å². The third-order valence-electron chi connectivity index (χ3n) is 5.66. The molecule has 0 aromatic carbocycles. The molecule has 2 rings (SSSR count). The summed E-state index contributed by atoms with van der Waals surface area (Å²) in [6.07, 6.45) is 6.32. The molecule has 2 aliphatic rings. The van der Waals surface area contributed by atoms with Crippen molar-refractivity contribution in [2.45, 2.75) is 57.9 Å². The van der Waals surface area contributed by atoms with E-state index < -0.39 is 0 Å². The molecule has 2 saturated heterocycles. The lowest BCUT2D eigenvalue weighted by molar-refractivity contribution is -0.129. The van der Waals surface area contributed by atoms with E-state index in [-0.39, 0.29) is 29.9 Å². The predicted octanol–water partition coefficient (Wildman–Crippen LogP) is 1.82. The second kappa shape index (κ2) is 12.4. The molecule has 7 nitrogen and oxygen atoms in total. The fourth-order valence-corrected chi connectivity index (χ4v) is 4.03. The molecular weight excluding hydrogens is 457 g/mol. The number of hydrogen-bond acceptors (Lipinski definition) is 3. The number of guanidine groups is 1. The highest BCUT2D eigenvalue weighted by Gasteiger charge is 2.27. The number of rotatable bonds is 7. The number of piperidine rings is 1. The van der Waals surface area contributed by atoms with Gasteiger partial charge in [-0.2, -0.15) is 0 Å². The average molecular weight is 493 g/mol. The molecule has 2 amide bonds. The first-order chi connectivity index (χ1) is 12.6. The first kappa shape index (κ1) is 24.0. The van der Waals surface area contributed by atoms with Crippen LogP contribution in [-0.2, 0) is 9.59 Å². The Kier molecular flexibility index (Phi) is 11.0. The largest absolute Gasteiger partial charge is 0.359 e. The van der Waals surface area contributed by atoms with Crippen molar-refractivity contribution in [3.8, 4) is 0 Å². The molecule has 0 radical (unpaired) electrons. The van der Waals surface area contributed by atoms with Crippen LogP contribution in [0, 0.1) is 5.92 Å². The molecule has 1 unspecified atom stereocenters. The Bertz CT molecular complexity index is 506. The molecule has 0 aliphatic carbocycles. The topological polar surface area (TPSA) is 77.0 Å². The van der Waals surface area contributed by atoms with Crippen LogP contribution in [0.1, 0.15) is 51.9 Å². The second-order valence-corrected chi connectivity index (χ2v) is 7.32. The minimum atomic E-state index is 0. The summed E-state index contributed by atoms with van der Waals surface area (Å²) >= 11 is 0. The number of nitrogens with one attached hydrogen (secondary N) is 2. The van der Waals surface area contributed by atoms with Crippen molar-refractivity contribution in [3.05, 3.63) is 0 Å². The smallest absolute Gasteiger partial charge is 0.222 e. The van der Waals surface area contributed by atoms with E-state index in [1.54, 1.807) is 7.05 Å². The van der Waals surface area contributed by atoms with Crippen molar-refractivity contribution in [2.24, 2.45) is 10.9 Å². The van der Waals surface area contributed by atoms with Crippen molar-refractivity contribution in [1.82, 2.24) is 20.4 Å². The van der Waals surface area contributed by atoms with E-state index in [2.05, 4.69) is 32.3 Å². The van der Waals surface area contributed by atoms with E-state index in [0.717, 1.165) is 64.2 Å².